The molecular weight excluding hydrogens is 424 g/mol. The van der Waals surface area contributed by atoms with Gasteiger partial charge in [0.05, 0.1) is 67.3 Å². The van der Waals surface area contributed by atoms with Crippen molar-refractivity contribution < 1.29 is 28.8 Å². The maximum absolute atomic E-state index is 13.4. The van der Waals surface area contributed by atoms with Gasteiger partial charge in [0.2, 0.25) is 0 Å². The molecule has 1 aliphatic carbocycles. The Morgan fingerprint density at radius 1 is 0.406 bits per heavy atom. The van der Waals surface area contributed by atoms with Gasteiger partial charge in [0.1, 0.15) is 0 Å². The van der Waals surface area contributed by atoms with Crippen molar-refractivity contribution in [1.82, 2.24) is 0 Å². The van der Waals surface area contributed by atoms with Crippen LogP contribution in [0.4, 0.5) is 22.7 Å². The number of fused-ring (bicyclic) bond motifs is 2. The zero-order valence-electron chi connectivity index (χ0n) is 16.1. The average Bonchev–Trinajstić information content (AvgIpc) is 2.66. The highest BCUT2D eigenvalue weighted by molar-refractivity contribution is 6.38. The summed E-state index contributed by atoms with van der Waals surface area (Å²) in [6, 6.07) is 0. The maximum Gasteiger partial charge on any atom is 0.251 e. The number of hydrogen-bond donors (Lipinski definition) is 8. The summed E-state index contributed by atoms with van der Waals surface area (Å²) in [5, 5.41) is 0. The molecule has 0 saturated carbocycles. The fourth-order valence-corrected chi connectivity index (χ4v) is 3.79. The van der Waals surface area contributed by atoms with Gasteiger partial charge < -0.3 is 45.9 Å². The Kier molecular flexibility index (Phi) is 4.51. The van der Waals surface area contributed by atoms with Crippen LogP contribution in [0.5, 0.6) is 0 Å². The third-order valence-electron chi connectivity index (χ3n) is 5.05. The Morgan fingerprint density at radius 2 is 0.562 bits per heavy atom. The number of benzene rings is 2. The van der Waals surface area contributed by atoms with Crippen molar-refractivity contribution in [2.75, 3.05) is 22.9 Å². The number of nitrogen functional groups attached to an aromatic ring is 4. The third kappa shape index (κ3) is 2.53. The van der Waals surface area contributed by atoms with Gasteiger partial charge in [0.25, 0.3) is 23.6 Å². The molecule has 4 amide bonds. The van der Waals surface area contributed by atoms with Gasteiger partial charge in [-0.15, -0.1) is 0 Å². The van der Waals surface area contributed by atoms with Crippen LogP contribution in [-0.2, 0) is 0 Å². The van der Waals surface area contributed by atoms with Crippen molar-refractivity contribution in [2.45, 2.75) is 0 Å². The van der Waals surface area contributed by atoms with Gasteiger partial charge in [-0.2, -0.15) is 0 Å². The summed E-state index contributed by atoms with van der Waals surface area (Å²) >= 11 is 0. The van der Waals surface area contributed by atoms with Gasteiger partial charge in [0, 0.05) is 0 Å². The number of amides is 4. The van der Waals surface area contributed by atoms with Gasteiger partial charge in [-0.3, -0.25) is 28.8 Å². The molecule has 0 fully saturated rings. The Hall–Kier alpha value is -5.14. The predicted molar refractivity (Wildman–Crippen MR) is 111 cm³/mol. The zero-order chi connectivity index (χ0) is 24.4. The molecule has 0 bridgehead atoms. The van der Waals surface area contributed by atoms with Crippen molar-refractivity contribution in [3.8, 4) is 0 Å². The topological polar surface area (TPSA) is 311 Å². The Bertz CT molecular complexity index is 1160. The summed E-state index contributed by atoms with van der Waals surface area (Å²) in [7, 11) is 0. The molecular formula is C18H16N8O6. The number of nitrogens with two attached hydrogens (primary N) is 8. The molecule has 0 unspecified atom stereocenters. The molecule has 0 heterocycles. The van der Waals surface area contributed by atoms with Gasteiger partial charge in [-0.25, -0.2) is 0 Å². The van der Waals surface area contributed by atoms with Crippen LogP contribution in [0.3, 0.4) is 0 Å². The number of ketones is 2. The molecule has 0 radical (unpaired) electrons. The second kappa shape index (κ2) is 6.69. The van der Waals surface area contributed by atoms with E-state index in [2.05, 4.69) is 0 Å². The minimum Gasteiger partial charge on any atom is -0.397 e. The normalized spacial score (nSPS) is 12.1. The minimum absolute atomic E-state index is 0.618. The fourth-order valence-electron chi connectivity index (χ4n) is 3.79. The number of hydrogen-bond acceptors (Lipinski definition) is 10. The fraction of sp³-hybridized carbons (Fsp3) is 0. The molecule has 3 rings (SSSR count). The molecule has 1 aliphatic rings. The van der Waals surface area contributed by atoms with Crippen molar-refractivity contribution in [1.29, 1.82) is 0 Å². The molecule has 0 saturated heterocycles. The van der Waals surface area contributed by atoms with Crippen LogP contribution in [0, 0.1) is 0 Å². The lowest BCUT2D eigenvalue weighted by atomic mass is 9.76. The first-order chi connectivity index (χ1) is 14.7. The van der Waals surface area contributed by atoms with Crippen LogP contribution >= 0.6 is 0 Å². The summed E-state index contributed by atoms with van der Waals surface area (Å²) < 4.78 is 0. The van der Waals surface area contributed by atoms with Gasteiger partial charge >= 0.3 is 0 Å². The average molecular weight is 440 g/mol. The summed E-state index contributed by atoms with van der Waals surface area (Å²) in [4.78, 5) is 74.4. The minimum atomic E-state index is -1.26. The van der Waals surface area contributed by atoms with E-state index in [1.54, 1.807) is 0 Å². The number of primary amides is 4. The van der Waals surface area contributed by atoms with E-state index < -0.39 is 102 Å². The van der Waals surface area contributed by atoms with Crippen molar-refractivity contribution >= 4 is 57.9 Å². The van der Waals surface area contributed by atoms with Crippen molar-refractivity contribution in [2.24, 2.45) is 22.9 Å². The Balaban J connectivity index is 2.61. The first-order valence-corrected chi connectivity index (χ1v) is 8.53. The molecule has 0 spiro atoms. The monoisotopic (exact) mass is 440 g/mol. The SMILES string of the molecule is NC(=O)c1c(N)c2c(c(N)c1C(N)=O)C(=O)c1c(N)c(C(N)=O)c(C(N)=O)c(N)c1C2=O. The predicted octanol–water partition coefficient (Wildman–Crippen LogP) is -2.81. The van der Waals surface area contributed by atoms with Crippen LogP contribution in [0.1, 0.15) is 73.3 Å². The number of rotatable bonds is 4. The first kappa shape index (κ1) is 21.6. The quantitative estimate of drug-likeness (QED) is 0.192. The molecule has 2 aromatic rings. The lowest BCUT2D eigenvalue weighted by Gasteiger charge is -2.27. The Labute approximate surface area is 177 Å². The van der Waals surface area contributed by atoms with E-state index >= 15 is 0 Å². The van der Waals surface area contributed by atoms with E-state index in [0.29, 0.717) is 0 Å². The van der Waals surface area contributed by atoms with E-state index in [4.69, 9.17) is 45.9 Å². The smallest absolute Gasteiger partial charge is 0.251 e. The molecule has 32 heavy (non-hydrogen) atoms. The number of anilines is 4. The molecule has 0 atom stereocenters. The first-order valence-electron chi connectivity index (χ1n) is 8.53. The lowest BCUT2D eigenvalue weighted by Crippen LogP contribution is -2.34. The van der Waals surface area contributed by atoms with E-state index in [-0.39, 0.29) is 0 Å². The van der Waals surface area contributed by atoms with E-state index in [1.165, 1.54) is 0 Å². The second-order valence-electron chi connectivity index (χ2n) is 6.77. The summed E-state index contributed by atoms with van der Waals surface area (Å²) in [6.07, 6.45) is 0. The number of carbonyl (C=O) groups excluding carboxylic acids is 6. The van der Waals surface area contributed by atoms with Crippen molar-refractivity contribution in [3.63, 3.8) is 0 Å². The molecule has 2 aromatic carbocycles. The summed E-state index contributed by atoms with van der Waals surface area (Å²) in [5.74, 6) is -7.23. The molecule has 14 nitrogen and oxygen atoms in total. The molecule has 0 aromatic heterocycles. The van der Waals surface area contributed by atoms with Crippen LogP contribution in [0.25, 0.3) is 0 Å². The Morgan fingerprint density at radius 3 is 0.688 bits per heavy atom. The van der Waals surface area contributed by atoms with Crippen LogP contribution in [0.2, 0.25) is 0 Å². The summed E-state index contributed by atoms with van der Waals surface area (Å²) in [5.41, 5.74) is 36.8. The standard InChI is InChI=1S/C18H16N8O6/c19-9-1-2(10(20)6(16(24)30)5(9)15(23)29)14(28)4-3(13(1)27)11(21)7(17(25)31)8(12(4)22)18(26)32/h19-22H2,(H2,23,29)(H2,24,30)(H2,25,31)(H2,26,32). The lowest BCUT2D eigenvalue weighted by molar-refractivity contribution is 0.0960. The highest BCUT2D eigenvalue weighted by atomic mass is 16.2. The second-order valence-corrected chi connectivity index (χ2v) is 6.77. The largest absolute Gasteiger partial charge is 0.397 e. The van der Waals surface area contributed by atoms with Gasteiger partial charge in [-0.1, -0.05) is 0 Å². The number of carbonyl (C=O) groups is 6. The van der Waals surface area contributed by atoms with E-state index in [0.717, 1.165) is 0 Å². The van der Waals surface area contributed by atoms with E-state index in [1.807, 2.05) is 0 Å². The maximum atomic E-state index is 13.4. The molecule has 16 N–H and O–H groups in total. The molecule has 164 valence electrons. The van der Waals surface area contributed by atoms with Crippen LogP contribution in [0.15, 0.2) is 0 Å². The highest BCUT2D eigenvalue weighted by Crippen LogP contribution is 2.44. The zero-order valence-corrected chi connectivity index (χ0v) is 16.1. The van der Waals surface area contributed by atoms with Crippen LogP contribution < -0.4 is 45.9 Å². The molecule has 0 aliphatic heterocycles. The van der Waals surface area contributed by atoms with Crippen molar-refractivity contribution in [3.05, 3.63) is 44.5 Å². The van der Waals surface area contributed by atoms with E-state index in [9.17, 15) is 28.8 Å². The van der Waals surface area contributed by atoms with Crippen LogP contribution in [-0.4, -0.2) is 35.2 Å². The third-order valence-corrected chi connectivity index (χ3v) is 5.05. The summed E-state index contributed by atoms with van der Waals surface area (Å²) in [6.45, 7) is 0. The molecule has 14 heteroatoms. The van der Waals surface area contributed by atoms with Gasteiger partial charge in [-0.05, 0) is 0 Å². The van der Waals surface area contributed by atoms with Gasteiger partial charge in [0.15, 0.2) is 11.6 Å². The highest BCUT2D eigenvalue weighted by Gasteiger charge is 2.42.